The van der Waals surface area contributed by atoms with Crippen LogP contribution < -0.4 is 10.2 Å². The van der Waals surface area contributed by atoms with Gasteiger partial charge < -0.3 is 10.2 Å². The van der Waals surface area contributed by atoms with Crippen LogP contribution in [0.25, 0.3) is 0 Å². The van der Waals surface area contributed by atoms with Gasteiger partial charge in [0.2, 0.25) is 0 Å². The SMILES string of the molecule is CCCN(CC)c1ccc(CNCC)c(C)n1. The summed E-state index contributed by atoms with van der Waals surface area (Å²) in [7, 11) is 0. The molecule has 0 saturated heterocycles. The summed E-state index contributed by atoms with van der Waals surface area (Å²) in [6.07, 6.45) is 1.16. The van der Waals surface area contributed by atoms with Gasteiger partial charge in [0.05, 0.1) is 0 Å². The van der Waals surface area contributed by atoms with Crippen molar-refractivity contribution in [2.45, 2.75) is 40.7 Å². The molecule has 0 fully saturated rings. The number of hydrogen-bond donors (Lipinski definition) is 1. The molecule has 0 amide bonds. The summed E-state index contributed by atoms with van der Waals surface area (Å²) in [5, 5.41) is 3.34. The molecule has 17 heavy (non-hydrogen) atoms. The van der Waals surface area contributed by atoms with E-state index in [2.05, 4.69) is 50.0 Å². The Morgan fingerprint density at radius 1 is 1.24 bits per heavy atom. The van der Waals surface area contributed by atoms with Gasteiger partial charge in [-0.3, -0.25) is 0 Å². The van der Waals surface area contributed by atoms with Gasteiger partial charge in [-0.25, -0.2) is 4.98 Å². The molecule has 0 spiro atoms. The smallest absolute Gasteiger partial charge is 0.128 e. The van der Waals surface area contributed by atoms with E-state index >= 15 is 0 Å². The lowest BCUT2D eigenvalue weighted by Gasteiger charge is -2.22. The fourth-order valence-electron chi connectivity index (χ4n) is 1.90. The molecule has 1 heterocycles. The van der Waals surface area contributed by atoms with Gasteiger partial charge in [0.25, 0.3) is 0 Å². The van der Waals surface area contributed by atoms with Crippen LogP contribution in [0.15, 0.2) is 12.1 Å². The summed E-state index contributed by atoms with van der Waals surface area (Å²) in [5.41, 5.74) is 2.43. The number of nitrogens with zero attached hydrogens (tertiary/aromatic N) is 2. The maximum atomic E-state index is 4.70. The van der Waals surface area contributed by atoms with Crippen LogP contribution in [0.4, 0.5) is 5.82 Å². The number of pyridine rings is 1. The quantitative estimate of drug-likeness (QED) is 0.787. The number of rotatable bonds is 7. The minimum Gasteiger partial charge on any atom is -0.357 e. The molecular weight excluding hydrogens is 210 g/mol. The Labute approximate surface area is 105 Å². The normalized spacial score (nSPS) is 10.6. The minimum absolute atomic E-state index is 0.912. The molecule has 0 aromatic carbocycles. The topological polar surface area (TPSA) is 28.2 Å². The summed E-state index contributed by atoms with van der Waals surface area (Å²) in [6, 6.07) is 4.33. The maximum absolute atomic E-state index is 4.70. The lowest BCUT2D eigenvalue weighted by Crippen LogP contribution is -2.25. The summed E-state index contributed by atoms with van der Waals surface area (Å²) < 4.78 is 0. The van der Waals surface area contributed by atoms with Crippen LogP contribution in [0.1, 0.15) is 38.4 Å². The van der Waals surface area contributed by atoms with Crippen LogP contribution in [0, 0.1) is 6.92 Å². The zero-order chi connectivity index (χ0) is 12.7. The summed E-state index contributed by atoms with van der Waals surface area (Å²) in [5.74, 6) is 1.10. The predicted octanol–water partition coefficient (Wildman–Crippen LogP) is 2.74. The van der Waals surface area contributed by atoms with E-state index in [9.17, 15) is 0 Å². The van der Waals surface area contributed by atoms with E-state index in [4.69, 9.17) is 4.98 Å². The monoisotopic (exact) mass is 235 g/mol. The van der Waals surface area contributed by atoms with Crippen molar-refractivity contribution in [3.8, 4) is 0 Å². The number of nitrogens with one attached hydrogen (secondary N) is 1. The third-order valence-corrected chi connectivity index (χ3v) is 2.95. The highest BCUT2D eigenvalue weighted by molar-refractivity contribution is 5.41. The molecule has 3 nitrogen and oxygen atoms in total. The van der Waals surface area contributed by atoms with E-state index in [1.807, 2.05) is 0 Å². The molecule has 0 bridgehead atoms. The number of anilines is 1. The highest BCUT2D eigenvalue weighted by atomic mass is 15.2. The first kappa shape index (κ1) is 14.0. The standard InChI is InChI=1S/C14H25N3/c1-5-10-17(7-3)14-9-8-13(11-15-6-2)12(4)16-14/h8-9,15H,5-7,10-11H2,1-4H3. The van der Waals surface area contributed by atoms with Crippen LogP contribution in [0.5, 0.6) is 0 Å². The van der Waals surface area contributed by atoms with Crippen LogP contribution >= 0.6 is 0 Å². The van der Waals surface area contributed by atoms with Crippen molar-refractivity contribution in [2.24, 2.45) is 0 Å². The lowest BCUT2D eigenvalue weighted by molar-refractivity contribution is 0.717. The van der Waals surface area contributed by atoms with Gasteiger partial charge in [0, 0.05) is 25.3 Å². The van der Waals surface area contributed by atoms with E-state index < -0.39 is 0 Å². The average molecular weight is 235 g/mol. The fraction of sp³-hybridized carbons (Fsp3) is 0.643. The third kappa shape index (κ3) is 4.00. The van der Waals surface area contributed by atoms with Gasteiger partial charge in [-0.15, -0.1) is 0 Å². The van der Waals surface area contributed by atoms with Gasteiger partial charge in [0.15, 0.2) is 0 Å². The highest BCUT2D eigenvalue weighted by Crippen LogP contribution is 2.15. The molecule has 3 heteroatoms. The lowest BCUT2D eigenvalue weighted by atomic mass is 10.2. The Morgan fingerprint density at radius 2 is 2.00 bits per heavy atom. The minimum atomic E-state index is 0.912. The summed E-state index contributed by atoms with van der Waals surface area (Å²) >= 11 is 0. The molecule has 0 aliphatic rings. The van der Waals surface area contributed by atoms with Crippen LogP contribution in [-0.4, -0.2) is 24.6 Å². The van der Waals surface area contributed by atoms with Crippen molar-refractivity contribution in [2.75, 3.05) is 24.5 Å². The molecule has 1 aromatic heterocycles. The fourth-order valence-corrected chi connectivity index (χ4v) is 1.90. The van der Waals surface area contributed by atoms with Crippen molar-refractivity contribution >= 4 is 5.82 Å². The Bertz CT molecular complexity index is 336. The highest BCUT2D eigenvalue weighted by Gasteiger charge is 2.06. The second-order valence-electron chi connectivity index (χ2n) is 4.27. The summed E-state index contributed by atoms with van der Waals surface area (Å²) in [4.78, 5) is 7.03. The molecule has 96 valence electrons. The second-order valence-corrected chi connectivity index (χ2v) is 4.27. The molecular formula is C14H25N3. The molecule has 1 rings (SSSR count). The largest absolute Gasteiger partial charge is 0.357 e. The predicted molar refractivity (Wildman–Crippen MR) is 74.5 cm³/mol. The van der Waals surface area contributed by atoms with Crippen LogP contribution in [0.3, 0.4) is 0 Å². The summed E-state index contributed by atoms with van der Waals surface area (Å²) in [6.45, 7) is 12.6. The second kappa shape index (κ2) is 7.28. The molecule has 1 N–H and O–H groups in total. The Morgan fingerprint density at radius 3 is 2.53 bits per heavy atom. The first-order valence-electron chi connectivity index (χ1n) is 6.65. The number of hydrogen-bond acceptors (Lipinski definition) is 3. The molecule has 1 aromatic rings. The van der Waals surface area contributed by atoms with Crippen molar-refractivity contribution in [1.29, 1.82) is 0 Å². The molecule has 0 saturated carbocycles. The first-order valence-corrected chi connectivity index (χ1v) is 6.65. The van der Waals surface area contributed by atoms with Crippen molar-refractivity contribution in [3.63, 3.8) is 0 Å². The average Bonchev–Trinajstić information content (AvgIpc) is 2.34. The molecule has 0 unspecified atom stereocenters. The Balaban J connectivity index is 2.79. The molecule has 0 atom stereocenters. The first-order chi connectivity index (χ1) is 8.22. The number of aryl methyl sites for hydroxylation is 1. The van der Waals surface area contributed by atoms with E-state index in [1.54, 1.807) is 0 Å². The maximum Gasteiger partial charge on any atom is 0.128 e. The molecule has 0 radical (unpaired) electrons. The van der Waals surface area contributed by atoms with Gasteiger partial charge >= 0.3 is 0 Å². The Hall–Kier alpha value is -1.09. The zero-order valence-electron chi connectivity index (χ0n) is 11.6. The molecule has 0 aliphatic heterocycles. The van der Waals surface area contributed by atoms with Gasteiger partial charge in [-0.05, 0) is 38.4 Å². The zero-order valence-corrected chi connectivity index (χ0v) is 11.6. The van der Waals surface area contributed by atoms with Crippen molar-refractivity contribution in [3.05, 3.63) is 23.4 Å². The Kier molecular flexibility index (Phi) is 5.98. The van der Waals surface area contributed by atoms with Crippen molar-refractivity contribution < 1.29 is 0 Å². The van der Waals surface area contributed by atoms with Gasteiger partial charge in [-0.2, -0.15) is 0 Å². The van der Waals surface area contributed by atoms with E-state index in [1.165, 1.54) is 5.56 Å². The van der Waals surface area contributed by atoms with E-state index in [-0.39, 0.29) is 0 Å². The van der Waals surface area contributed by atoms with Crippen molar-refractivity contribution in [1.82, 2.24) is 10.3 Å². The van der Waals surface area contributed by atoms with E-state index in [0.717, 1.165) is 44.1 Å². The number of aromatic nitrogens is 1. The van der Waals surface area contributed by atoms with Crippen LogP contribution in [0.2, 0.25) is 0 Å². The third-order valence-electron chi connectivity index (χ3n) is 2.95. The van der Waals surface area contributed by atoms with Crippen LogP contribution in [-0.2, 0) is 6.54 Å². The van der Waals surface area contributed by atoms with Gasteiger partial charge in [0.1, 0.15) is 5.82 Å². The van der Waals surface area contributed by atoms with Gasteiger partial charge in [-0.1, -0.05) is 19.9 Å². The molecule has 0 aliphatic carbocycles. The van der Waals surface area contributed by atoms with E-state index in [0.29, 0.717) is 0 Å².